The molecular formula is C34H46BNO7. The Morgan fingerprint density at radius 1 is 1.09 bits per heavy atom. The van der Waals surface area contributed by atoms with Gasteiger partial charge in [0.05, 0.1) is 41.8 Å². The molecule has 6 unspecified atom stereocenters. The maximum Gasteiger partial charge on any atom is 0.482 e. The Morgan fingerprint density at radius 2 is 1.81 bits per heavy atom. The number of nitrogens with one attached hydrogen (secondary N) is 1. The van der Waals surface area contributed by atoms with Crippen LogP contribution in [0.3, 0.4) is 0 Å². The molecule has 0 spiro atoms. The first-order valence-electron chi connectivity index (χ1n) is 15.5. The molecule has 2 aromatic carbocycles. The third-order valence-electron chi connectivity index (χ3n) is 9.62. The van der Waals surface area contributed by atoms with E-state index < -0.39 is 24.6 Å². The third-order valence-corrected chi connectivity index (χ3v) is 9.62. The summed E-state index contributed by atoms with van der Waals surface area (Å²) in [6, 6.07) is 14.4. The predicted octanol–water partition coefficient (Wildman–Crippen LogP) is 5.50. The maximum atomic E-state index is 13.5. The third kappa shape index (κ3) is 6.94. The van der Waals surface area contributed by atoms with Crippen molar-refractivity contribution in [3.8, 4) is 5.75 Å². The van der Waals surface area contributed by atoms with Crippen LogP contribution in [0.4, 0.5) is 0 Å². The predicted molar refractivity (Wildman–Crippen MR) is 165 cm³/mol. The molecule has 1 amide bonds. The van der Waals surface area contributed by atoms with Crippen LogP contribution in [0.15, 0.2) is 48.5 Å². The number of amides is 1. The highest BCUT2D eigenvalue weighted by Gasteiger charge is 2.68. The number of hydrogen-bond acceptors (Lipinski definition) is 6. The number of aromatic carboxylic acids is 1. The van der Waals surface area contributed by atoms with Crippen LogP contribution < -0.4 is 10.1 Å². The van der Waals surface area contributed by atoms with Crippen LogP contribution >= 0.6 is 0 Å². The van der Waals surface area contributed by atoms with Gasteiger partial charge in [0.1, 0.15) is 11.9 Å². The van der Waals surface area contributed by atoms with E-state index in [2.05, 4.69) is 26.1 Å². The summed E-state index contributed by atoms with van der Waals surface area (Å²) < 4.78 is 25.2. The number of carbonyl (C=O) groups is 2. The molecule has 2 N–H and O–H groups in total. The Kier molecular flexibility index (Phi) is 8.73. The van der Waals surface area contributed by atoms with Gasteiger partial charge in [-0.25, -0.2) is 4.79 Å². The summed E-state index contributed by atoms with van der Waals surface area (Å²) >= 11 is 0. The number of rotatable bonds is 11. The van der Waals surface area contributed by atoms with Crippen molar-refractivity contribution < 1.29 is 33.5 Å². The lowest BCUT2D eigenvalue weighted by Gasteiger charge is -2.64. The van der Waals surface area contributed by atoms with Crippen LogP contribution in [0.25, 0.3) is 0 Å². The molecule has 0 aromatic heterocycles. The van der Waals surface area contributed by atoms with E-state index in [9.17, 15) is 14.7 Å². The minimum Gasteiger partial charge on any atom is -0.488 e. The number of carboxylic acids is 1. The van der Waals surface area contributed by atoms with Gasteiger partial charge in [0, 0.05) is 0 Å². The number of hydrogen-bond donors (Lipinski definition) is 2. The van der Waals surface area contributed by atoms with E-state index >= 15 is 0 Å². The second kappa shape index (κ2) is 11.9. The lowest BCUT2D eigenvalue weighted by atomic mass is 9.43. The molecule has 9 heteroatoms. The Bertz CT molecular complexity index is 1340. The molecule has 8 nitrogen and oxygen atoms in total. The van der Waals surface area contributed by atoms with E-state index in [0.717, 1.165) is 24.0 Å². The minimum atomic E-state index is -0.988. The van der Waals surface area contributed by atoms with E-state index in [1.54, 1.807) is 18.2 Å². The van der Waals surface area contributed by atoms with Gasteiger partial charge in [-0.2, -0.15) is 0 Å². The molecule has 2 bridgehead atoms. The van der Waals surface area contributed by atoms with Crippen molar-refractivity contribution in [1.29, 1.82) is 0 Å². The Hall–Kier alpha value is -2.88. The second-order valence-electron chi connectivity index (χ2n) is 14.4. The van der Waals surface area contributed by atoms with Crippen molar-refractivity contribution in [2.24, 2.45) is 17.3 Å². The zero-order valence-electron chi connectivity index (χ0n) is 26.5. The highest BCUT2D eigenvalue weighted by Crippen LogP contribution is 2.65. The smallest absolute Gasteiger partial charge is 0.482 e. The molecule has 232 valence electrons. The first-order valence-corrected chi connectivity index (χ1v) is 15.5. The summed E-state index contributed by atoms with van der Waals surface area (Å²) in [7, 11) is -0.638. The molecule has 43 heavy (non-hydrogen) atoms. The van der Waals surface area contributed by atoms with E-state index in [1.165, 1.54) is 0 Å². The summed E-state index contributed by atoms with van der Waals surface area (Å²) in [6.07, 6.45) is 2.43. The SMILES string of the molecule is CC(COC(C)(C)C)Oc1cccc(CC(=O)NC(Cc2cccc(C(=O)O)c2)B2OC3CC4CC(C4(C)C)C3(C)O2)c1. The normalized spacial score (nSPS) is 27.0. The summed E-state index contributed by atoms with van der Waals surface area (Å²) in [6.45, 7) is 15.2. The van der Waals surface area contributed by atoms with Crippen LogP contribution in [-0.4, -0.2) is 60.1 Å². The minimum absolute atomic E-state index is 0.0305. The highest BCUT2D eigenvalue weighted by atomic mass is 16.7. The van der Waals surface area contributed by atoms with E-state index in [0.29, 0.717) is 30.6 Å². The molecule has 2 aromatic rings. The van der Waals surface area contributed by atoms with Gasteiger partial charge in [0.2, 0.25) is 5.91 Å². The summed E-state index contributed by atoms with van der Waals surface area (Å²) in [5, 5.41) is 12.7. The summed E-state index contributed by atoms with van der Waals surface area (Å²) in [5.74, 6) is 0.0248. The van der Waals surface area contributed by atoms with Crippen molar-refractivity contribution in [3.63, 3.8) is 0 Å². The fourth-order valence-corrected chi connectivity index (χ4v) is 7.18. The summed E-state index contributed by atoms with van der Waals surface area (Å²) in [5.41, 5.74) is 1.35. The molecule has 6 atom stereocenters. The van der Waals surface area contributed by atoms with Crippen molar-refractivity contribution in [3.05, 3.63) is 65.2 Å². The monoisotopic (exact) mass is 591 g/mol. The van der Waals surface area contributed by atoms with Gasteiger partial charge in [0.15, 0.2) is 0 Å². The van der Waals surface area contributed by atoms with Crippen LogP contribution in [-0.2, 0) is 31.7 Å². The number of carbonyl (C=O) groups excluding carboxylic acids is 1. The topological polar surface area (TPSA) is 103 Å². The van der Waals surface area contributed by atoms with Crippen LogP contribution in [0, 0.1) is 17.3 Å². The van der Waals surface area contributed by atoms with E-state index in [-0.39, 0.29) is 41.1 Å². The van der Waals surface area contributed by atoms with Crippen LogP contribution in [0.5, 0.6) is 5.75 Å². The van der Waals surface area contributed by atoms with Crippen LogP contribution in [0.2, 0.25) is 0 Å². The fraction of sp³-hybridized carbons (Fsp3) is 0.588. The Labute approximate surface area is 256 Å². The average molecular weight is 592 g/mol. The molecule has 6 rings (SSSR count). The van der Waals surface area contributed by atoms with Gasteiger partial charge < -0.3 is 29.2 Å². The summed E-state index contributed by atoms with van der Waals surface area (Å²) in [4.78, 5) is 25.1. The molecule has 0 radical (unpaired) electrons. The number of benzene rings is 2. The van der Waals surface area contributed by atoms with E-state index in [4.69, 9.17) is 18.8 Å². The van der Waals surface area contributed by atoms with E-state index in [1.807, 2.05) is 58.0 Å². The zero-order chi connectivity index (χ0) is 31.2. The molecule has 1 aliphatic heterocycles. The molecule has 4 aliphatic rings. The molecule has 3 saturated carbocycles. The average Bonchev–Trinajstić information content (AvgIpc) is 3.29. The van der Waals surface area contributed by atoms with Gasteiger partial charge in [-0.05, 0) is 107 Å². The number of carboxylic acid groups (broad SMARTS) is 1. The molecule has 3 aliphatic carbocycles. The lowest BCUT2D eigenvalue weighted by Crippen LogP contribution is -2.65. The van der Waals surface area contributed by atoms with Crippen molar-refractivity contribution >= 4 is 19.0 Å². The Morgan fingerprint density at radius 3 is 2.51 bits per heavy atom. The molecule has 1 saturated heterocycles. The molecule has 1 heterocycles. The number of ether oxygens (including phenoxy) is 2. The van der Waals surface area contributed by atoms with Gasteiger partial charge in [-0.15, -0.1) is 0 Å². The standard InChI is InChI=1S/C34H46BNO7/c1-21(20-40-32(2,3)4)41-26-13-9-11-23(15-26)17-30(37)36-29(16-22-10-8-12-24(14-22)31(38)39)35-42-28-19-25-18-27(33(25,5)6)34(28,7)43-35/h8-15,21,25,27-29H,16-20H2,1-7H3,(H,36,37)(H,38,39). The van der Waals surface area contributed by atoms with Crippen molar-refractivity contribution in [1.82, 2.24) is 5.32 Å². The lowest BCUT2D eigenvalue weighted by molar-refractivity contribution is -0.199. The van der Waals surface area contributed by atoms with Crippen molar-refractivity contribution in [2.45, 2.75) is 104 Å². The fourth-order valence-electron chi connectivity index (χ4n) is 7.18. The largest absolute Gasteiger partial charge is 0.488 e. The maximum absolute atomic E-state index is 13.5. The zero-order valence-corrected chi connectivity index (χ0v) is 26.5. The Balaban J connectivity index is 1.29. The first kappa shape index (κ1) is 31.5. The quantitative estimate of drug-likeness (QED) is 0.333. The second-order valence-corrected chi connectivity index (χ2v) is 14.4. The van der Waals surface area contributed by atoms with Gasteiger partial charge in [-0.1, -0.05) is 38.1 Å². The van der Waals surface area contributed by atoms with Gasteiger partial charge in [-0.3, -0.25) is 4.79 Å². The molecule has 4 fully saturated rings. The van der Waals surface area contributed by atoms with Gasteiger partial charge in [0.25, 0.3) is 0 Å². The molecular weight excluding hydrogens is 545 g/mol. The highest BCUT2D eigenvalue weighted by molar-refractivity contribution is 6.48. The van der Waals surface area contributed by atoms with Crippen LogP contribution in [0.1, 0.15) is 82.8 Å². The van der Waals surface area contributed by atoms with Gasteiger partial charge >= 0.3 is 13.1 Å². The van der Waals surface area contributed by atoms with Crippen molar-refractivity contribution in [2.75, 3.05) is 6.61 Å². The first-order chi connectivity index (χ1) is 20.1.